The normalized spacial score (nSPS) is 17.2. The molecule has 136 valence electrons. The Bertz CT molecular complexity index is 699. The van der Waals surface area contributed by atoms with E-state index < -0.39 is 12.0 Å². The van der Waals surface area contributed by atoms with Crippen molar-refractivity contribution in [1.29, 1.82) is 0 Å². The molecule has 0 fully saturated rings. The Labute approximate surface area is 147 Å². The van der Waals surface area contributed by atoms with Gasteiger partial charge in [-0.3, -0.25) is 0 Å². The molecule has 0 saturated carbocycles. The molecule has 0 spiro atoms. The van der Waals surface area contributed by atoms with Gasteiger partial charge in [0.1, 0.15) is 0 Å². The zero-order valence-corrected chi connectivity index (χ0v) is 15.2. The summed E-state index contributed by atoms with van der Waals surface area (Å²) in [7, 11) is 3.15. The molecule has 7 heteroatoms. The summed E-state index contributed by atoms with van der Waals surface area (Å²) in [4.78, 5) is 26.2. The van der Waals surface area contributed by atoms with E-state index in [1.54, 1.807) is 46.2 Å². The van der Waals surface area contributed by atoms with Crippen LogP contribution in [-0.4, -0.2) is 44.3 Å². The van der Waals surface area contributed by atoms with E-state index in [4.69, 9.17) is 14.2 Å². The molecule has 0 bridgehead atoms. The van der Waals surface area contributed by atoms with E-state index >= 15 is 0 Å². The van der Waals surface area contributed by atoms with Crippen molar-refractivity contribution >= 4 is 12.0 Å². The van der Waals surface area contributed by atoms with Crippen LogP contribution < -0.4 is 14.8 Å². The fraction of sp³-hybridized carbons (Fsp3) is 0.444. The van der Waals surface area contributed by atoms with Gasteiger partial charge in [-0.2, -0.15) is 0 Å². The second-order valence-corrected chi connectivity index (χ2v) is 5.47. The van der Waals surface area contributed by atoms with Crippen LogP contribution in [0.15, 0.2) is 29.5 Å². The maximum atomic E-state index is 12.5. The summed E-state index contributed by atoms with van der Waals surface area (Å²) in [5, 5.41) is 2.85. The van der Waals surface area contributed by atoms with E-state index in [0.717, 1.165) is 0 Å². The summed E-state index contributed by atoms with van der Waals surface area (Å²) in [6, 6.07) is 4.38. The summed E-state index contributed by atoms with van der Waals surface area (Å²) >= 11 is 0. The van der Waals surface area contributed by atoms with Crippen LogP contribution in [0.2, 0.25) is 0 Å². The van der Waals surface area contributed by atoms with Crippen molar-refractivity contribution in [2.75, 3.05) is 27.4 Å². The lowest BCUT2D eigenvalue weighted by molar-refractivity contribution is -0.139. The molecule has 2 rings (SSSR count). The molecule has 0 radical (unpaired) electrons. The van der Waals surface area contributed by atoms with E-state index in [-0.39, 0.29) is 12.6 Å². The molecule has 1 aliphatic heterocycles. The Hall–Kier alpha value is -2.70. The monoisotopic (exact) mass is 348 g/mol. The smallest absolute Gasteiger partial charge is 0.338 e. The highest BCUT2D eigenvalue weighted by Gasteiger charge is 2.37. The molecule has 0 unspecified atom stereocenters. The number of rotatable bonds is 6. The number of carbonyl (C=O) groups is 2. The molecule has 1 N–H and O–H groups in total. The minimum atomic E-state index is -0.681. The molecule has 1 aromatic carbocycles. The molecule has 1 aliphatic rings. The van der Waals surface area contributed by atoms with E-state index in [1.807, 2.05) is 6.92 Å². The first kappa shape index (κ1) is 18.6. The number of ether oxygens (including phenoxy) is 3. The number of amides is 2. The second-order valence-electron chi connectivity index (χ2n) is 5.47. The molecule has 0 aliphatic carbocycles. The molecular formula is C18H24N2O5. The van der Waals surface area contributed by atoms with E-state index in [2.05, 4.69) is 5.32 Å². The van der Waals surface area contributed by atoms with Crippen LogP contribution in [0.25, 0.3) is 0 Å². The molecule has 0 aromatic heterocycles. The molecular weight excluding hydrogens is 324 g/mol. The number of allylic oxidation sites excluding steroid dienone is 1. The minimum absolute atomic E-state index is 0.246. The topological polar surface area (TPSA) is 77.1 Å². The highest BCUT2D eigenvalue weighted by molar-refractivity contribution is 5.95. The fourth-order valence-electron chi connectivity index (χ4n) is 2.76. The zero-order valence-electron chi connectivity index (χ0n) is 15.2. The number of hydrogen-bond acceptors (Lipinski definition) is 5. The molecule has 7 nitrogen and oxygen atoms in total. The van der Waals surface area contributed by atoms with Crippen molar-refractivity contribution in [3.05, 3.63) is 35.0 Å². The van der Waals surface area contributed by atoms with Gasteiger partial charge in [-0.25, -0.2) is 9.59 Å². The average molecular weight is 348 g/mol. The van der Waals surface area contributed by atoms with Gasteiger partial charge in [-0.1, -0.05) is 12.1 Å². The third-order valence-corrected chi connectivity index (χ3v) is 4.08. The van der Waals surface area contributed by atoms with Gasteiger partial charge < -0.3 is 24.4 Å². The average Bonchev–Trinajstić information content (AvgIpc) is 2.60. The number of urea groups is 1. The number of para-hydroxylation sites is 1. The first-order chi connectivity index (χ1) is 12.0. The van der Waals surface area contributed by atoms with Crippen molar-refractivity contribution in [3.8, 4) is 11.5 Å². The second kappa shape index (κ2) is 7.92. The van der Waals surface area contributed by atoms with Crippen molar-refractivity contribution in [2.45, 2.75) is 26.8 Å². The quantitative estimate of drug-likeness (QED) is 0.800. The predicted molar refractivity (Wildman–Crippen MR) is 92.5 cm³/mol. The number of benzene rings is 1. The summed E-state index contributed by atoms with van der Waals surface area (Å²) in [6.07, 6.45) is 0. The first-order valence-electron chi connectivity index (χ1n) is 8.17. The summed E-state index contributed by atoms with van der Waals surface area (Å²) in [5.41, 5.74) is 1.56. The lowest BCUT2D eigenvalue weighted by Crippen LogP contribution is -2.46. The number of hydrogen-bond donors (Lipinski definition) is 1. The maximum absolute atomic E-state index is 12.5. The Kier molecular flexibility index (Phi) is 5.90. The largest absolute Gasteiger partial charge is 0.493 e. The van der Waals surface area contributed by atoms with Gasteiger partial charge in [0.2, 0.25) is 0 Å². The van der Waals surface area contributed by atoms with Crippen LogP contribution in [0.3, 0.4) is 0 Å². The van der Waals surface area contributed by atoms with Crippen molar-refractivity contribution in [2.24, 2.45) is 0 Å². The van der Waals surface area contributed by atoms with Gasteiger partial charge in [-0.05, 0) is 26.8 Å². The summed E-state index contributed by atoms with van der Waals surface area (Å²) in [6.45, 7) is 5.99. The van der Waals surface area contributed by atoms with E-state index in [0.29, 0.717) is 34.9 Å². The van der Waals surface area contributed by atoms with Crippen molar-refractivity contribution < 1.29 is 23.8 Å². The molecule has 1 aromatic rings. The Morgan fingerprint density at radius 3 is 2.60 bits per heavy atom. The number of nitrogens with one attached hydrogen (secondary N) is 1. The Balaban J connectivity index is 2.62. The van der Waals surface area contributed by atoms with E-state index in [1.165, 1.54) is 4.90 Å². The van der Waals surface area contributed by atoms with Crippen LogP contribution in [0.1, 0.15) is 32.4 Å². The van der Waals surface area contributed by atoms with Gasteiger partial charge in [0.15, 0.2) is 11.5 Å². The first-order valence-corrected chi connectivity index (χ1v) is 8.17. The van der Waals surface area contributed by atoms with Gasteiger partial charge in [0.25, 0.3) is 0 Å². The van der Waals surface area contributed by atoms with Crippen molar-refractivity contribution in [3.63, 3.8) is 0 Å². The molecule has 2 amide bonds. The van der Waals surface area contributed by atoms with Crippen molar-refractivity contribution in [1.82, 2.24) is 10.2 Å². The predicted octanol–water partition coefficient (Wildman–Crippen LogP) is 2.63. The maximum Gasteiger partial charge on any atom is 0.338 e. The molecule has 1 atom stereocenters. The third-order valence-electron chi connectivity index (χ3n) is 4.08. The van der Waals surface area contributed by atoms with Crippen LogP contribution in [-0.2, 0) is 9.53 Å². The number of carbonyl (C=O) groups excluding carboxylic acids is 2. The van der Waals surface area contributed by atoms with Gasteiger partial charge in [0, 0.05) is 18.3 Å². The Morgan fingerprint density at radius 1 is 1.28 bits per heavy atom. The molecule has 0 saturated heterocycles. The highest BCUT2D eigenvalue weighted by atomic mass is 16.5. The molecule has 25 heavy (non-hydrogen) atoms. The third kappa shape index (κ3) is 3.55. The van der Waals surface area contributed by atoms with Crippen LogP contribution >= 0.6 is 0 Å². The van der Waals surface area contributed by atoms with Gasteiger partial charge in [-0.15, -0.1) is 0 Å². The standard InChI is InChI=1S/C18H24N2O5/c1-6-24-16-12(9-8-10-13(16)23-5)15-14(17(21)25-7-2)11(3)20(4)18(22)19-15/h8-10,15H,6-7H2,1-5H3,(H,19,22)/t15-/m1/s1. The zero-order chi connectivity index (χ0) is 18.6. The number of nitrogens with zero attached hydrogens (tertiary/aromatic N) is 1. The molecule has 1 heterocycles. The fourth-order valence-corrected chi connectivity index (χ4v) is 2.76. The lowest BCUT2D eigenvalue weighted by Gasteiger charge is -2.34. The summed E-state index contributed by atoms with van der Waals surface area (Å²) in [5.74, 6) is 0.562. The minimum Gasteiger partial charge on any atom is -0.493 e. The van der Waals surface area contributed by atoms with Crippen LogP contribution in [0, 0.1) is 0 Å². The summed E-state index contributed by atoms with van der Waals surface area (Å²) < 4.78 is 16.3. The van der Waals surface area contributed by atoms with Gasteiger partial charge in [0.05, 0.1) is 31.9 Å². The Morgan fingerprint density at radius 2 is 2.00 bits per heavy atom. The number of methoxy groups -OCH3 is 1. The van der Waals surface area contributed by atoms with E-state index in [9.17, 15) is 9.59 Å². The van der Waals surface area contributed by atoms with Crippen LogP contribution in [0.5, 0.6) is 11.5 Å². The number of esters is 1. The lowest BCUT2D eigenvalue weighted by atomic mass is 9.94. The highest BCUT2D eigenvalue weighted by Crippen LogP contribution is 2.40. The SMILES string of the molecule is CCOC(=O)C1=C(C)N(C)C(=O)N[C@@H]1c1cccc(OC)c1OCC. The van der Waals surface area contributed by atoms with Crippen LogP contribution in [0.4, 0.5) is 4.79 Å². The van der Waals surface area contributed by atoms with Gasteiger partial charge >= 0.3 is 12.0 Å².